The molecular weight excluding hydrogens is 260 g/mol. The van der Waals surface area contributed by atoms with E-state index >= 15 is 0 Å². The highest BCUT2D eigenvalue weighted by atomic mass is 16.5. The summed E-state index contributed by atoms with van der Waals surface area (Å²) < 4.78 is 9.70. The van der Waals surface area contributed by atoms with Gasteiger partial charge in [-0.05, 0) is 31.0 Å². The van der Waals surface area contributed by atoms with Crippen LogP contribution in [0, 0.1) is 0 Å². The molecule has 1 heterocycles. The fourth-order valence-electron chi connectivity index (χ4n) is 2.02. The van der Waals surface area contributed by atoms with E-state index < -0.39 is 0 Å². The Morgan fingerprint density at radius 3 is 2.80 bits per heavy atom. The molecule has 1 aromatic carbocycles. The van der Waals surface area contributed by atoms with Gasteiger partial charge in [-0.15, -0.1) is 0 Å². The summed E-state index contributed by atoms with van der Waals surface area (Å²) in [7, 11) is 2.91. The zero-order chi connectivity index (χ0) is 14.5. The number of esters is 1. The van der Waals surface area contributed by atoms with E-state index in [0.717, 1.165) is 11.1 Å². The predicted molar refractivity (Wildman–Crippen MR) is 73.9 cm³/mol. The number of aromatic amines is 1. The van der Waals surface area contributed by atoms with Crippen molar-refractivity contribution in [2.24, 2.45) is 0 Å². The van der Waals surface area contributed by atoms with Gasteiger partial charge in [0, 0.05) is 11.8 Å². The number of H-pyrrole nitrogens is 1. The van der Waals surface area contributed by atoms with Gasteiger partial charge in [-0.1, -0.05) is 0 Å². The highest BCUT2D eigenvalue weighted by molar-refractivity contribution is 5.84. The lowest BCUT2D eigenvalue weighted by atomic mass is 10.1. The van der Waals surface area contributed by atoms with Crippen LogP contribution in [0.5, 0.6) is 5.75 Å². The number of fused-ring (bicyclic) bond motifs is 1. The van der Waals surface area contributed by atoms with E-state index in [1.54, 1.807) is 19.2 Å². The second kappa shape index (κ2) is 6.18. The molecule has 0 saturated heterocycles. The number of aromatic nitrogens is 2. The molecule has 0 aliphatic rings. The lowest BCUT2D eigenvalue weighted by molar-refractivity contribution is -0.140. The Morgan fingerprint density at radius 2 is 2.10 bits per heavy atom. The summed E-state index contributed by atoms with van der Waals surface area (Å²) in [5.41, 5.74) is 0.502. The predicted octanol–water partition coefficient (Wildman–Crippen LogP) is 1.43. The highest BCUT2D eigenvalue weighted by Gasteiger charge is 2.09. The third-order valence-corrected chi connectivity index (χ3v) is 3.10. The third kappa shape index (κ3) is 2.96. The van der Waals surface area contributed by atoms with Gasteiger partial charge < -0.3 is 9.47 Å². The van der Waals surface area contributed by atoms with Gasteiger partial charge in [0.15, 0.2) is 0 Å². The number of nitrogens with one attached hydrogen (secondary N) is 1. The molecule has 0 aliphatic carbocycles. The second-order valence-corrected chi connectivity index (χ2v) is 4.34. The maximum absolute atomic E-state index is 11.8. The largest absolute Gasteiger partial charge is 0.497 e. The highest BCUT2D eigenvalue weighted by Crippen LogP contribution is 2.20. The van der Waals surface area contributed by atoms with Crippen molar-refractivity contribution < 1.29 is 14.3 Å². The van der Waals surface area contributed by atoms with Crippen molar-refractivity contribution in [1.82, 2.24) is 10.2 Å². The molecule has 20 heavy (non-hydrogen) atoms. The van der Waals surface area contributed by atoms with Gasteiger partial charge in [0.05, 0.1) is 25.3 Å². The number of nitrogens with zero attached hydrogens (tertiary/aromatic N) is 1. The Kier molecular flexibility index (Phi) is 4.34. The Balaban J connectivity index is 2.28. The molecule has 0 aliphatic heterocycles. The minimum absolute atomic E-state index is 0.250. The Hall–Kier alpha value is -2.37. The van der Waals surface area contributed by atoms with Crippen molar-refractivity contribution in [3.8, 4) is 5.75 Å². The minimum Gasteiger partial charge on any atom is -0.497 e. The Morgan fingerprint density at radius 1 is 1.30 bits per heavy atom. The minimum atomic E-state index is -0.254. The fourth-order valence-corrected chi connectivity index (χ4v) is 2.02. The van der Waals surface area contributed by atoms with Crippen LogP contribution >= 0.6 is 0 Å². The number of methoxy groups -OCH3 is 2. The summed E-state index contributed by atoms with van der Waals surface area (Å²) >= 11 is 0. The number of benzene rings is 1. The van der Waals surface area contributed by atoms with Crippen molar-refractivity contribution in [1.29, 1.82) is 0 Å². The first-order valence-corrected chi connectivity index (χ1v) is 6.28. The van der Waals surface area contributed by atoms with Crippen molar-refractivity contribution in [2.75, 3.05) is 14.2 Å². The van der Waals surface area contributed by atoms with E-state index in [1.807, 2.05) is 6.07 Å². The summed E-state index contributed by atoms with van der Waals surface area (Å²) in [5.74, 6) is 0.370. The average Bonchev–Trinajstić information content (AvgIpc) is 2.49. The van der Waals surface area contributed by atoms with Crippen molar-refractivity contribution >= 4 is 16.7 Å². The first kappa shape index (κ1) is 14.0. The lowest BCUT2D eigenvalue weighted by Gasteiger charge is -2.06. The van der Waals surface area contributed by atoms with Crippen LogP contribution in [0.1, 0.15) is 18.5 Å². The smallest absolute Gasteiger partial charge is 0.305 e. The number of hydrogen-bond donors (Lipinski definition) is 1. The van der Waals surface area contributed by atoms with Crippen LogP contribution in [0.25, 0.3) is 10.8 Å². The van der Waals surface area contributed by atoms with E-state index in [-0.39, 0.29) is 11.5 Å². The topological polar surface area (TPSA) is 81.3 Å². The van der Waals surface area contributed by atoms with Crippen LogP contribution in [0.15, 0.2) is 23.0 Å². The molecule has 1 aromatic heterocycles. The lowest BCUT2D eigenvalue weighted by Crippen LogP contribution is -2.11. The molecule has 6 heteroatoms. The molecule has 0 unspecified atom stereocenters. The molecule has 0 saturated carbocycles. The molecule has 106 valence electrons. The van der Waals surface area contributed by atoms with Crippen LogP contribution in [-0.4, -0.2) is 30.4 Å². The number of rotatable bonds is 5. The van der Waals surface area contributed by atoms with E-state index in [2.05, 4.69) is 14.9 Å². The molecule has 0 amide bonds. The number of aryl methyl sites for hydroxylation is 1. The van der Waals surface area contributed by atoms with E-state index in [4.69, 9.17) is 4.74 Å². The number of carbonyl (C=O) groups excluding carboxylic acids is 1. The van der Waals surface area contributed by atoms with Gasteiger partial charge in [-0.3, -0.25) is 9.59 Å². The maximum Gasteiger partial charge on any atom is 0.305 e. The first-order valence-electron chi connectivity index (χ1n) is 6.28. The zero-order valence-corrected chi connectivity index (χ0v) is 11.4. The summed E-state index contributed by atoms with van der Waals surface area (Å²) in [6.07, 6.45) is 1.54. The van der Waals surface area contributed by atoms with Crippen LogP contribution in [-0.2, 0) is 16.0 Å². The summed E-state index contributed by atoms with van der Waals surface area (Å²) in [6, 6.07) is 5.27. The molecule has 6 nitrogen and oxygen atoms in total. The quantitative estimate of drug-likeness (QED) is 0.835. The molecule has 0 spiro atoms. The van der Waals surface area contributed by atoms with Crippen LogP contribution in [0.3, 0.4) is 0 Å². The van der Waals surface area contributed by atoms with Crippen molar-refractivity contribution in [2.45, 2.75) is 19.3 Å². The van der Waals surface area contributed by atoms with Gasteiger partial charge >= 0.3 is 5.97 Å². The normalized spacial score (nSPS) is 10.5. The van der Waals surface area contributed by atoms with Crippen LogP contribution in [0.4, 0.5) is 0 Å². The molecule has 2 aromatic rings. The van der Waals surface area contributed by atoms with Crippen molar-refractivity contribution in [3.63, 3.8) is 0 Å². The van der Waals surface area contributed by atoms with Crippen LogP contribution in [0.2, 0.25) is 0 Å². The second-order valence-electron chi connectivity index (χ2n) is 4.34. The Labute approximate surface area is 115 Å². The monoisotopic (exact) mass is 276 g/mol. The molecule has 0 atom stereocenters. The maximum atomic E-state index is 11.8. The standard InChI is InChI=1S/C14H16N2O4/c1-19-9-6-7-10-11(8-9)14(18)16-15-12(10)4-3-5-13(17)20-2/h6-8H,3-5H2,1-2H3,(H,16,18). The number of hydrogen-bond acceptors (Lipinski definition) is 5. The SMILES string of the molecule is COC(=O)CCCc1n[nH]c(=O)c2cc(OC)ccc12. The summed E-state index contributed by atoms with van der Waals surface area (Å²) in [6.45, 7) is 0. The fraction of sp³-hybridized carbons (Fsp3) is 0.357. The summed E-state index contributed by atoms with van der Waals surface area (Å²) in [4.78, 5) is 22.9. The zero-order valence-electron chi connectivity index (χ0n) is 11.4. The van der Waals surface area contributed by atoms with Crippen molar-refractivity contribution in [3.05, 3.63) is 34.2 Å². The van der Waals surface area contributed by atoms with Gasteiger partial charge in [0.25, 0.3) is 5.56 Å². The van der Waals surface area contributed by atoms with Gasteiger partial charge in [-0.25, -0.2) is 5.10 Å². The van der Waals surface area contributed by atoms with Gasteiger partial charge in [0.2, 0.25) is 0 Å². The Bertz CT molecular complexity index is 678. The molecular formula is C14H16N2O4. The van der Waals surface area contributed by atoms with E-state index in [1.165, 1.54) is 7.11 Å². The molecule has 0 fully saturated rings. The number of carbonyl (C=O) groups is 1. The average molecular weight is 276 g/mol. The van der Waals surface area contributed by atoms with Gasteiger partial charge in [-0.2, -0.15) is 5.10 Å². The van der Waals surface area contributed by atoms with E-state index in [9.17, 15) is 9.59 Å². The first-order chi connectivity index (χ1) is 9.65. The molecule has 2 rings (SSSR count). The number of ether oxygens (including phenoxy) is 2. The third-order valence-electron chi connectivity index (χ3n) is 3.10. The van der Waals surface area contributed by atoms with Gasteiger partial charge in [0.1, 0.15) is 5.75 Å². The summed E-state index contributed by atoms with van der Waals surface area (Å²) in [5, 5.41) is 7.84. The molecule has 1 N–H and O–H groups in total. The molecule has 0 bridgehead atoms. The molecule has 0 radical (unpaired) electrons. The van der Waals surface area contributed by atoms with E-state index in [0.29, 0.717) is 30.4 Å². The van der Waals surface area contributed by atoms with Crippen LogP contribution < -0.4 is 10.3 Å².